The molecule has 0 bridgehead atoms. The third-order valence-electron chi connectivity index (χ3n) is 11.0. The van der Waals surface area contributed by atoms with E-state index in [1.807, 2.05) is 0 Å². The number of esters is 1. The summed E-state index contributed by atoms with van der Waals surface area (Å²) in [6, 6.07) is 0. The van der Waals surface area contributed by atoms with E-state index in [1.165, 1.54) is 7.11 Å². The molecule has 0 aromatic rings. The highest BCUT2D eigenvalue weighted by atomic mass is 16.5. The summed E-state index contributed by atoms with van der Waals surface area (Å²) in [5, 5.41) is 22.0. The van der Waals surface area contributed by atoms with Crippen LogP contribution in [-0.4, -0.2) is 41.3 Å². The molecule has 0 spiro atoms. The molecule has 0 heterocycles. The van der Waals surface area contributed by atoms with Gasteiger partial charge in [-0.2, -0.15) is 0 Å². The van der Waals surface area contributed by atoms with E-state index in [4.69, 9.17) is 4.74 Å². The number of hydrogen-bond donors (Lipinski definition) is 2. The van der Waals surface area contributed by atoms with E-state index in [0.717, 1.165) is 44.9 Å². The Morgan fingerprint density at radius 1 is 1.12 bits per heavy atom. The van der Waals surface area contributed by atoms with Crippen molar-refractivity contribution in [1.29, 1.82) is 0 Å². The number of Topliss-reactive ketones (excluding diaryl/α,β-unsaturated/α-hetero) is 1. The lowest BCUT2D eigenvalue weighted by atomic mass is 9.41. The zero-order chi connectivity index (χ0) is 23.4. The van der Waals surface area contributed by atoms with Gasteiger partial charge in [-0.15, -0.1) is 0 Å². The molecule has 4 rings (SSSR count). The van der Waals surface area contributed by atoms with Crippen molar-refractivity contribution in [1.82, 2.24) is 0 Å². The van der Waals surface area contributed by atoms with Gasteiger partial charge in [-0.05, 0) is 86.4 Å². The normalized spacial score (nSPS) is 49.0. The molecule has 11 atom stereocenters. The van der Waals surface area contributed by atoms with Gasteiger partial charge in [0.1, 0.15) is 5.78 Å². The quantitative estimate of drug-likeness (QED) is 0.610. The SMILES string of the molecule is CC[C@H]1C(=O)[C@@H]2[C@H](C[C@H](O)[C@]3(C)[C@@H]([C@H](C)CCC(=O)OC)CC[C@@H]23)[C@@]2(C)CC[C@@H](O)C[C@@H]12. The van der Waals surface area contributed by atoms with E-state index in [1.54, 1.807) is 0 Å². The second-order valence-electron chi connectivity index (χ2n) is 12.1. The number of ketones is 1. The number of methoxy groups -OCH3 is 1. The van der Waals surface area contributed by atoms with Crippen LogP contribution in [0.4, 0.5) is 0 Å². The fraction of sp³-hybridized carbons (Fsp3) is 0.926. The second-order valence-corrected chi connectivity index (χ2v) is 12.1. The van der Waals surface area contributed by atoms with Gasteiger partial charge < -0.3 is 14.9 Å². The van der Waals surface area contributed by atoms with Crippen molar-refractivity contribution in [3.63, 3.8) is 0 Å². The van der Waals surface area contributed by atoms with Crippen LogP contribution in [0.1, 0.15) is 85.5 Å². The number of carbonyl (C=O) groups is 2. The van der Waals surface area contributed by atoms with E-state index < -0.39 is 6.10 Å². The van der Waals surface area contributed by atoms with Gasteiger partial charge in [0.25, 0.3) is 0 Å². The molecular weight excluding hydrogens is 404 g/mol. The molecule has 0 saturated heterocycles. The van der Waals surface area contributed by atoms with Crippen LogP contribution in [-0.2, 0) is 14.3 Å². The lowest BCUT2D eigenvalue weighted by Gasteiger charge is -2.63. The Bertz CT molecular complexity index is 736. The van der Waals surface area contributed by atoms with Gasteiger partial charge in [0, 0.05) is 23.7 Å². The van der Waals surface area contributed by atoms with Crippen molar-refractivity contribution in [2.75, 3.05) is 7.11 Å². The Kier molecular flexibility index (Phi) is 6.57. The lowest BCUT2D eigenvalue weighted by molar-refractivity contribution is -0.192. The number of ether oxygens (including phenoxy) is 1. The van der Waals surface area contributed by atoms with Crippen LogP contribution in [0.15, 0.2) is 0 Å². The Morgan fingerprint density at radius 2 is 1.84 bits per heavy atom. The summed E-state index contributed by atoms with van der Waals surface area (Å²) in [7, 11) is 1.43. The predicted molar refractivity (Wildman–Crippen MR) is 123 cm³/mol. The summed E-state index contributed by atoms with van der Waals surface area (Å²) in [5.74, 6) is 1.60. The lowest BCUT2D eigenvalue weighted by Crippen LogP contribution is -2.63. The first kappa shape index (κ1) is 24.2. The van der Waals surface area contributed by atoms with Crippen molar-refractivity contribution in [3.8, 4) is 0 Å². The van der Waals surface area contributed by atoms with Crippen LogP contribution >= 0.6 is 0 Å². The zero-order valence-electron chi connectivity index (χ0n) is 20.7. The van der Waals surface area contributed by atoms with E-state index in [-0.39, 0.29) is 52.5 Å². The summed E-state index contributed by atoms with van der Waals surface area (Å²) >= 11 is 0. The van der Waals surface area contributed by atoms with Gasteiger partial charge in [0.15, 0.2) is 0 Å². The molecule has 4 aliphatic carbocycles. The predicted octanol–water partition coefficient (Wildman–Crippen LogP) is 4.38. The standard InChI is InChI=1S/C27H44O5/c1-6-17-20-13-16(28)11-12-26(20,3)21-14-22(29)27(4)18(15(2)7-10-23(30)32-5)8-9-19(27)24(21)25(17)31/h15-22,24,28-29H,6-14H2,1-5H3/t15-,16-,17-,18-,19+,20+,21+,22+,24+,26+,27-/m1/s1. The molecule has 5 heteroatoms. The van der Waals surface area contributed by atoms with Gasteiger partial charge >= 0.3 is 5.97 Å². The molecule has 0 unspecified atom stereocenters. The van der Waals surface area contributed by atoms with Gasteiger partial charge in [-0.25, -0.2) is 0 Å². The van der Waals surface area contributed by atoms with Crippen LogP contribution < -0.4 is 0 Å². The third-order valence-corrected chi connectivity index (χ3v) is 11.0. The second kappa shape index (κ2) is 8.69. The van der Waals surface area contributed by atoms with E-state index >= 15 is 0 Å². The largest absolute Gasteiger partial charge is 0.469 e. The van der Waals surface area contributed by atoms with Crippen molar-refractivity contribution < 1.29 is 24.5 Å². The van der Waals surface area contributed by atoms with Crippen molar-refractivity contribution in [2.24, 2.45) is 52.3 Å². The minimum atomic E-state index is -0.419. The molecule has 4 fully saturated rings. The number of hydrogen-bond acceptors (Lipinski definition) is 5. The molecule has 0 amide bonds. The van der Waals surface area contributed by atoms with E-state index in [0.29, 0.717) is 30.5 Å². The fourth-order valence-electron chi connectivity index (χ4n) is 9.22. The highest BCUT2D eigenvalue weighted by molar-refractivity contribution is 5.86. The number of carbonyl (C=O) groups excluding carboxylic acids is 2. The molecule has 0 radical (unpaired) electrons. The number of fused-ring (bicyclic) bond motifs is 5. The number of rotatable bonds is 5. The Morgan fingerprint density at radius 3 is 2.50 bits per heavy atom. The van der Waals surface area contributed by atoms with Gasteiger partial charge in [-0.1, -0.05) is 27.7 Å². The summed E-state index contributed by atoms with van der Waals surface area (Å²) in [6.07, 6.45) is 6.53. The first-order valence-electron chi connectivity index (χ1n) is 13.1. The van der Waals surface area contributed by atoms with Gasteiger partial charge in [0.05, 0.1) is 19.3 Å². The summed E-state index contributed by atoms with van der Waals surface area (Å²) < 4.78 is 4.84. The maximum atomic E-state index is 14.0. The summed E-state index contributed by atoms with van der Waals surface area (Å²) in [6.45, 7) is 8.93. The number of aliphatic hydroxyl groups excluding tert-OH is 2. The van der Waals surface area contributed by atoms with E-state index in [9.17, 15) is 19.8 Å². The molecule has 2 N–H and O–H groups in total. The first-order valence-corrected chi connectivity index (χ1v) is 13.1. The van der Waals surface area contributed by atoms with Crippen LogP contribution in [0.25, 0.3) is 0 Å². The van der Waals surface area contributed by atoms with Crippen LogP contribution in [0.5, 0.6) is 0 Å². The molecule has 0 aliphatic heterocycles. The fourth-order valence-corrected chi connectivity index (χ4v) is 9.22. The minimum Gasteiger partial charge on any atom is -0.469 e. The van der Waals surface area contributed by atoms with Crippen molar-refractivity contribution in [2.45, 2.75) is 97.7 Å². The maximum absolute atomic E-state index is 14.0. The monoisotopic (exact) mass is 448 g/mol. The van der Waals surface area contributed by atoms with Crippen molar-refractivity contribution in [3.05, 3.63) is 0 Å². The molecule has 4 saturated carbocycles. The molecule has 5 nitrogen and oxygen atoms in total. The molecular formula is C27H44O5. The Balaban J connectivity index is 1.64. The first-order chi connectivity index (χ1) is 15.1. The van der Waals surface area contributed by atoms with Crippen molar-refractivity contribution >= 4 is 11.8 Å². The number of aliphatic hydroxyl groups is 2. The van der Waals surface area contributed by atoms with Crippen LogP contribution in [0.3, 0.4) is 0 Å². The Labute approximate surface area is 193 Å². The average molecular weight is 449 g/mol. The minimum absolute atomic E-state index is 0.0232. The smallest absolute Gasteiger partial charge is 0.305 e. The third kappa shape index (κ3) is 3.48. The highest BCUT2D eigenvalue weighted by Crippen LogP contribution is 2.68. The molecule has 182 valence electrons. The van der Waals surface area contributed by atoms with Gasteiger partial charge in [0.2, 0.25) is 0 Å². The topological polar surface area (TPSA) is 83.8 Å². The van der Waals surface area contributed by atoms with Crippen LogP contribution in [0.2, 0.25) is 0 Å². The maximum Gasteiger partial charge on any atom is 0.305 e. The molecule has 4 aliphatic rings. The zero-order valence-corrected chi connectivity index (χ0v) is 20.7. The Hall–Kier alpha value is -0.940. The molecule has 0 aromatic heterocycles. The average Bonchev–Trinajstić information content (AvgIpc) is 3.12. The summed E-state index contributed by atoms with van der Waals surface area (Å²) in [4.78, 5) is 25.7. The van der Waals surface area contributed by atoms with Gasteiger partial charge in [-0.3, -0.25) is 9.59 Å². The molecule has 0 aromatic carbocycles. The summed E-state index contributed by atoms with van der Waals surface area (Å²) in [5.41, 5.74) is -0.253. The van der Waals surface area contributed by atoms with Crippen LogP contribution in [0, 0.1) is 52.3 Å². The molecule has 32 heavy (non-hydrogen) atoms. The van der Waals surface area contributed by atoms with E-state index in [2.05, 4.69) is 27.7 Å². The highest BCUT2D eigenvalue weighted by Gasteiger charge is 2.67.